The number of rotatable bonds is 9. The second-order valence-corrected chi connectivity index (χ2v) is 7.77. The first-order valence-electron chi connectivity index (χ1n) is 10.4. The van der Waals surface area contributed by atoms with Gasteiger partial charge in [0, 0.05) is 11.8 Å². The molecule has 0 atom stereocenters. The molecule has 1 N–H and O–H groups in total. The Labute approximate surface area is 193 Å². The number of nitrogens with one attached hydrogen (secondary N) is 1. The number of halogens is 4. The second kappa shape index (κ2) is 10.0. The Hall–Kier alpha value is -3.72. The number of ether oxygens (including phenoxy) is 1. The van der Waals surface area contributed by atoms with E-state index >= 15 is 0 Å². The van der Waals surface area contributed by atoms with Crippen LogP contribution in [0.25, 0.3) is 10.8 Å². The maximum absolute atomic E-state index is 13.0. The number of carbonyl (C=O) groups is 1. The molecule has 176 valence electrons. The van der Waals surface area contributed by atoms with Gasteiger partial charge in [0.05, 0.1) is 25.0 Å². The molecule has 0 aliphatic heterocycles. The van der Waals surface area contributed by atoms with Crippen LogP contribution in [0.4, 0.5) is 23.2 Å². The highest BCUT2D eigenvalue weighted by molar-refractivity contribution is 6.04. The predicted octanol–water partition coefficient (Wildman–Crippen LogP) is 5.75. The minimum atomic E-state index is -4.22. The van der Waals surface area contributed by atoms with E-state index in [-0.39, 0.29) is 12.2 Å². The maximum Gasteiger partial charge on any atom is 0.330 e. The van der Waals surface area contributed by atoms with Gasteiger partial charge in [0.25, 0.3) is 5.91 Å². The van der Waals surface area contributed by atoms with Crippen molar-refractivity contribution >= 4 is 22.4 Å². The number of benzene rings is 3. The van der Waals surface area contributed by atoms with Crippen LogP contribution in [-0.4, -0.2) is 34.6 Å². The molecular weight excluding hydrogens is 450 g/mol. The average molecular weight is 471 g/mol. The molecule has 4 aromatic rings. The van der Waals surface area contributed by atoms with Crippen molar-refractivity contribution < 1.29 is 27.1 Å². The van der Waals surface area contributed by atoms with Crippen molar-refractivity contribution in [3.8, 4) is 0 Å². The van der Waals surface area contributed by atoms with Crippen LogP contribution < -0.4 is 5.32 Å². The van der Waals surface area contributed by atoms with Crippen molar-refractivity contribution in [3.05, 3.63) is 95.8 Å². The molecule has 0 bridgehead atoms. The van der Waals surface area contributed by atoms with Gasteiger partial charge in [0.2, 0.25) is 0 Å². The monoisotopic (exact) mass is 471 g/mol. The van der Waals surface area contributed by atoms with Crippen LogP contribution in [0, 0.1) is 0 Å². The van der Waals surface area contributed by atoms with E-state index in [0.29, 0.717) is 17.8 Å². The summed E-state index contributed by atoms with van der Waals surface area (Å²) in [6.45, 7) is -1.21. The fraction of sp³-hybridized carbons (Fsp3) is 0.200. The zero-order valence-corrected chi connectivity index (χ0v) is 17.9. The van der Waals surface area contributed by atoms with Gasteiger partial charge in [0.15, 0.2) is 0 Å². The first-order valence-corrected chi connectivity index (χ1v) is 10.4. The third kappa shape index (κ3) is 5.60. The normalized spacial score (nSPS) is 11.8. The molecule has 4 rings (SSSR count). The Morgan fingerprint density at radius 3 is 2.65 bits per heavy atom. The summed E-state index contributed by atoms with van der Waals surface area (Å²) in [6, 6.07) is 20.2. The summed E-state index contributed by atoms with van der Waals surface area (Å²) < 4.78 is 56.8. The molecular formula is C25H21F4N3O2. The van der Waals surface area contributed by atoms with Crippen LogP contribution in [0.5, 0.6) is 0 Å². The molecule has 1 heterocycles. The van der Waals surface area contributed by atoms with Gasteiger partial charge in [-0.25, -0.2) is 8.78 Å². The SMILES string of the molecule is O=C(Nc1cnn(Cc2cccc3ccccc23)c1)c1cccc(COCC(F)(F)C(F)F)c1. The Morgan fingerprint density at radius 2 is 1.82 bits per heavy atom. The molecule has 0 aliphatic rings. The van der Waals surface area contributed by atoms with Gasteiger partial charge in [-0.3, -0.25) is 9.48 Å². The van der Waals surface area contributed by atoms with Gasteiger partial charge in [0.1, 0.15) is 6.61 Å². The summed E-state index contributed by atoms with van der Waals surface area (Å²) in [5, 5.41) is 9.30. The summed E-state index contributed by atoms with van der Waals surface area (Å²) in [7, 11) is 0. The molecule has 0 unspecified atom stereocenters. The van der Waals surface area contributed by atoms with E-state index in [9.17, 15) is 22.4 Å². The third-order valence-electron chi connectivity index (χ3n) is 5.18. The number of carbonyl (C=O) groups excluding carboxylic acids is 1. The van der Waals surface area contributed by atoms with Crippen LogP contribution in [0.1, 0.15) is 21.5 Å². The summed E-state index contributed by atoms with van der Waals surface area (Å²) in [5.74, 6) is -4.65. The van der Waals surface area contributed by atoms with Crippen LogP contribution in [0.2, 0.25) is 0 Å². The zero-order valence-electron chi connectivity index (χ0n) is 17.9. The van der Waals surface area contributed by atoms with Gasteiger partial charge in [-0.05, 0) is 34.0 Å². The van der Waals surface area contributed by atoms with E-state index in [4.69, 9.17) is 4.74 Å². The van der Waals surface area contributed by atoms with Crippen LogP contribution in [0.3, 0.4) is 0 Å². The third-order valence-corrected chi connectivity index (χ3v) is 5.18. The van der Waals surface area contributed by atoms with Gasteiger partial charge < -0.3 is 10.1 Å². The van der Waals surface area contributed by atoms with Crippen molar-refractivity contribution in [2.24, 2.45) is 0 Å². The van der Waals surface area contributed by atoms with E-state index < -0.39 is 24.9 Å². The number of anilines is 1. The standard InChI is InChI=1S/C25H21F4N3O2/c26-24(27)25(28,29)16-34-15-17-5-3-8-19(11-17)23(33)31-21-12-30-32(14-21)13-20-9-4-7-18-6-1-2-10-22(18)20/h1-12,14,24H,13,15-16H2,(H,31,33). The van der Waals surface area contributed by atoms with E-state index in [2.05, 4.69) is 10.4 Å². The molecule has 0 saturated carbocycles. The minimum absolute atomic E-state index is 0.267. The Balaban J connectivity index is 1.38. The molecule has 5 nitrogen and oxygen atoms in total. The number of aromatic nitrogens is 2. The molecule has 0 aliphatic carbocycles. The van der Waals surface area contributed by atoms with Gasteiger partial charge in [-0.2, -0.15) is 13.9 Å². The molecule has 0 saturated heterocycles. The van der Waals surface area contributed by atoms with E-state index in [1.807, 2.05) is 42.5 Å². The van der Waals surface area contributed by atoms with Crippen LogP contribution in [-0.2, 0) is 17.9 Å². The van der Waals surface area contributed by atoms with Crippen molar-refractivity contribution in [2.75, 3.05) is 11.9 Å². The molecule has 1 amide bonds. The lowest BCUT2D eigenvalue weighted by Gasteiger charge is -2.15. The highest BCUT2D eigenvalue weighted by Gasteiger charge is 2.40. The Kier molecular flexibility index (Phi) is 6.93. The van der Waals surface area contributed by atoms with Crippen molar-refractivity contribution in [1.82, 2.24) is 9.78 Å². The molecule has 1 aromatic heterocycles. The van der Waals surface area contributed by atoms with Gasteiger partial charge in [-0.15, -0.1) is 0 Å². The highest BCUT2D eigenvalue weighted by Crippen LogP contribution is 2.24. The fourth-order valence-corrected chi connectivity index (χ4v) is 3.49. The molecule has 0 spiro atoms. The zero-order chi connectivity index (χ0) is 24.1. The molecule has 34 heavy (non-hydrogen) atoms. The average Bonchev–Trinajstić information content (AvgIpc) is 3.26. The lowest BCUT2D eigenvalue weighted by atomic mass is 10.0. The lowest BCUT2D eigenvalue weighted by Crippen LogP contribution is -2.32. The maximum atomic E-state index is 13.0. The molecule has 0 radical (unpaired) electrons. The topological polar surface area (TPSA) is 56.2 Å². The number of hydrogen-bond acceptors (Lipinski definition) is 3. The van der Waals surface area contributed by atoms with E-state index in [1.54, 1.807) is 29.1 Å². The number of fused-ring (bicyclic) bond motifs is 1. The predicted molar refractivity (Wildman–Crippen MR) is 120 cm³/mol. The first kappa shape index (κ1) is 23.4. The second-order valence-electron chi connectivity index (χ2n) is 7.77. The van der Waals surface area contributed by atoms with Crippen molar-refractivity contribution in [1.29, 1.82) is 0 Å². The largest absolute Gasteiger partial charge is 0.370 e. The number of nitrogens with zero attached hydrogens (tertiary/aromatic N) is 2. The Bertz CT molecular complexity index is 1280. The van der Waals surface area contributed by atoms with E-state index in [1.165, 1.54) is 12.3 Å². The highest BCUT2D eigenvalue weighted by atomic mass is 19.3. The molecule has 0 fully saturated rings. The van der Waals surface area contributed by atoms with Crippen molar-refractivity contribution in [2.45, 2.75) is 25.5 Å². The molecule has 3 aromatic carbocycles. The summed E-state index contributed by atoms with van der Waals surface area (Å²) in [4.78, 5) is 12.6. The smallest absolute Gasteiger partial charge is 0.330 e. The summed E-state index contributed by atoms with van der Waals surface area (Å²) in [6.07, 6.45) is -0.562. The number of alkyl halides is 4. The van der Waals surface area contributed by atoms with Crippen molar-refractivity contribution in [3.63, 3.8) is 0 Å². The minimum Gasteiger partial charge on any atom is -0.370 e. The van der Waals surface area contributed by atoms with E-state index in [0.717, 1.165) is 16.3 Å². The first-order chi connectivity index (χ1) is 16.3. The summed E-state index contributed by atoms with van der Waals surface area (Å²) in [5.41, 5.74) is 2.25. The van der Waals surface area contributed by atoms with Gasteiger partial charge in [-0.1, -0.05) is 54.6 Å². The fourth-order valence-electron chi connectivity index (χ4n) is 3.49. The number of amides is 1. The lowest BCUT2D eigenvalue weighted by molar-refractivity contribution is -0.168. The molecule has 9 heteroatoms. The van der Waals surface area contributed by atoms with Gasteiger partial charge >= 0.3 is 12.3 Å². The quantitative estimate of drug-likeness (QED) is 0.316. The summed E-state index contributed by atoms with van der Waals surface area (Å²) >= 11 is 0. The number of hydrogen-bond donors (Lipinski definition) is 1. The Morgan fingerprint density at radius 1 is 1.06 bits per heavy atom. The van der Waals surface area contributed by atoms with Crippen LogP contribution >= 0.6 is 0 Å². The van der Waals surface area contributed by atoms with Crippen LogP contribution in [0.15, 0.2) is 79.1 Å².